The first-order valence-electron chi connectivity index (χ1n) is 13.3. The molecule has 0 aliphatic rings. The molecule has 208 valence electrons. The van der Waals surface area contributed by atoms with E-state index in [9.17, 15) is 9.59 Å². The number of Topliss-reactive ketones (excluding diaryl/α,β-unsaturated/α-hetero) is 1. The van der Waals surface area contributed by atoms with Gasteiger partial charge in [-0.2, -0.15) is 0 Å². The second kappa shape index (κ2) is 14.7. The van der Waals surface area contributed by atoms with Crippen LogP contribution in [0, 0.1) is 5.41 Å². The number of nitrogens with zero attached hydrogens (tertiary/aromatic N) is 1. The van der Waals surface area contributed by atoms with Crippen LogP contribution in [0.1, 0.15) is 84.9 Å². The maximum atomic E-state index is 13.7. The van der Waals surface area contributed by atoms with Gasteiger partial charge in [0.2, 0.25) is 4.38 Å². The van der Waals surface area contributed by atoms with E-state index < -0.39 is 11.0 Å². The Balaban J connectivity index is 2.47. The van der Waals surface area contributed by atoms with Crippen molar-refractivity contribution in [3.8, 4) is 0 Å². The standard InChI is InChI=1S/C31H43NO4S2/c1-8-35-29(37)38-25(19-20-27(33)30(2,3)4)21-26(24-17-13-10-14-18-24)32(28(34)36-31(5,6)7)22-23-15-11-9-12-16-23/h9-18,25-26H,8,19-22H2,1-7H3. The molecule has 0 saturated carbocycles. The fourth-order valence-corrected chi connectivity index (χ4v) is 5.45. The number of rotatable bonds is 11. The summed E-state index contributed by atoms with van der Waals surface area (Å²) < 4.78 is 12.0. The quantitative estimate of drug-likeness (QED) is 0.259. The Morgan fingerprint density at radius 3 is 2.05 bits per heavy atom. The Bertz CT molecular complexity index is 1030. The Kier molecular flexibility index (Phi) is 12.3. The number of carbonyl (C=O) groups excluding carboxylic acids is 2. The lowest BCUT2D eigenvalue weighted by Gasteiger charge is -2.36. The van der Waals surface area contributed by atoms with Crippen molar-refractivity contribution in [1.82, 2.24) is 4.90 Å². The van der Waals surface area contributed by atoms with Crippen LogP contribution >= 0.6 is 24.0 Å². The van der Waals surface area contributed by atoms with Crippen molar-refractivity contribution in [2.24, 2.45) is 5.41 Å². The van der Waals surface area contributed by atoms with Crippen LogP contribution in [0.2, 0.25) is 0 Å². The molecule has 2 aromatic carbocycles. The minimum atomic E-state index is -0.642. The van der Waals surface area contributed by atoms with Crippen LogP contribution in [0.5, 0.6) is 0 Å². The maximum absolute atomic E-state index is 13.7. The number of carbonyl (C=O) groups is 2. The summed E-state index contributed by atoms with van der Waals surface area (Å²) in [5, 5.41) is -0.0359. The van der Waals surface area contributed by atoms with Crippen LogP contribution < -0.4 is 0 Å². The Morgan fingerprint density at radius 2 is 1.53 bits per heavy atom. The first kappa shape index (κ1) is 31.8. The zero-order valence-corrected chi connectivity index (χ0v) is 25.5. The van der Waals surface area contributed by atoms with Crippen molar-refractivity contribution in [2.75, 3.05) is 6.61 Å². The van der Waals surface area contributed by atoms with Gasteiger partial charge in [-0.1, -0.05) is 93.2 Å². The van der Waals surface area contributed by atoms with E-state index in [1.807, 2.05) is 109 Å². The maximum Gasteiger partial charge on any atom is 0.411 e. The van der Waals surface area contributed by atoms with Crippen molar-refractivity contribution < 1.29 is 19.1 Å². The zero-order valence-electron chi connectivity index (χ0n) is 23.9. The molecule has 0 aromatic heterocycles. The molecule has 38 heavy (non-hydrogen) atoms. The Hall–Kier alpha value is -2.38. The van der Waals surface area contributed by atoms with Crippen LogP contribution in [0.3, 0.4) is 0 Å². The second-order valence-electron chi connectivity index (χ2n) is 11.4. The highest BCUT2D eigenvalue weighted by molar-refractivity contribution is 8.23. The van der Waals surface area contributed by atoms with E-state index in [-0.39, 0.29) is 23.2 Å². The van der Waals surface area contributed by atoms with Gasteiger partial charge in [0.15, 0.2) is 0 Å². The fraction of sp³-hybridized carbons (Fsp3) is 0.516. The SMILES string of the molecule is CCOC(=S)SC(CCC(=O)C(C)(C)C)CC(c1ccccc1)N(Cc1ccccc1)C(=O)OC(C)(C)C. The third kappa shape index (κ3) is 11.2. The predicted molar refractivity (Wildman–Crippen MR) is 161 cm³/mol. The summed E-state index contributed by atoms with van der Waals surface area (Å²) in [7, 11) is 0. The van der Waals surface area contributed by atoms with E-state index in [4.69, 9.17) is 21.7 Å². The highest BCUT2D eigenvalue weighted by atomic mass is 32.2. The molecule has 0 heterocycles. The lowest BCUT2D eigenvalue weighted by atomic mass is 9.87. The number of amides is 1. The zero-order chi connectivity index (χ0) is 28.3. The van der Waals surface area contributed by atoms with E-state index in [0.29, 0.717) is 36.8 Å². The summed E-state index contributed by atoms with van der Waals surface area (Å²) in [4.78, 5) is 28.3. The number of benzene rings is 2. The van der Waals surface area contributed by atoms with E-state index in [1.165, 1.54) is 11.8 Å². The third-order valence-electron chi connectivity index (χ3n) is 5.93. The second-order valence-corrected chi connectivity index (χ2v) is 13.3. The van der Waals surface area contributed by atoms with Gasteiger partial charge in [0.05, 0.1) is 12.6 Å². The first-order chi connectivity index (χ1) is 17.8. The lowest BCUT2D eigenvalue weighted by Crippen LogP contribution is -2.40. The van der Waals surface area contributed by atoms with Crippen molar-refractivity contribution in [2.45, 2.75) is 91.2 Å². The molecule has 0 spiro atoms. The van der Waals surface area contributed by atoms with Gasteiger partial charge in [0, 0.05) is 23.6 Å². The lowest BCUT2D eigenvalue weighted by molar-refractivity contribution is -0.126. The summed E-state index contributed by atoms with van der Waals surface area (Å²) in [6.07, 6.45) is 1.27. The highest BCUT2D eigenvalue weighted by Gasteiger charge is 2.33. The molecule has 2 rings (SSSR count). The molecular formula is C31H43NO4S2. The average Bonchev–Trinajstić information content (AvgIpc) is 2.84. The minimum Gasteiger partial charge on any atom is -0.479 e. The van der Waals surface area contributed by atoms with Gasteiger partial charge in [0.25, 0.3) is 0 Å². The molecule has 2 atom stereocenters. The third-order valence-corrected chi connectivity index (χ3v) is 7.40. The van der Waals surface area contributed by atoms with Crippen LogP contribution in [0.15, 0.2) is 60.7 Å². The van der Waals surface area contributed by atoms with E-state index in [2.05, 4.69) is 0 Å². The molecule has 0 saturated heterocycles. The van der Waals surface area contributed by atoms with Gasteiger partial charge in [-0.3, -0.25) is 9.69 Å². The number of ether oxygens (including phenoxy) is 2. The van der Waals surface area contributed by atoms with Gasteiger partial charge >= 0.3 is 6.09 Å². The summed E-state index contributed by atoms with van der Waals surface area (Å²) in [5.41, 5.74) is 0.960. The smallest absolute Gasteiger partial charge is 0.411 e. The fourth-order valence-electron chi connectivity index (χ4n) is 3.95. The van der Waals surface area contributed by atoms with E-state index >= 15 is 0 Å². The summed E-state index contributed by atoms with van der Waals surface area (Å²) in [6, 6.07) is 19.6. The summed E-state index contributed by atoms with van der Waals surface area (Å²) >= 11 is 6.97. The molecular weight excluding hydrogens is 514 g/mol. The summed E-state index contributed by atoms with van der Waals surface area (Å²) in [6.45, 7) is 14.2. The molecule has 5 nitrogen and oxygen atoms in total. The molecule has 2 aromatic rings. The van der Waals surface area contributed by atoms with Crippen LogP contribution in [0.4, 0.5) is 4.79 Å². The molecule has 1 amide bonds. The molecule has 0 fully saturated rings. The molecule has 0 bridgehead atoms. The topological polar surface area (TPSA) is 55.8 Å². The molecule has 0 radical (unpaired) electrons. The Labute approximate surface area is 238 Å². The molecule has 0 aliphatic carbocycles. The molecule has 2 unspecified atom stereocenters. The van der Waals surface area contributed by atoms with E-state index in [0.717, 1.165) is 11.1 Å². The number of thioether (sulfide) groups is 1. The number of thiocarbonyl (C=S) groups is 1. The average molecular weight is 558 g/mol. The molecule has 0 N–H and O–H groups in total. The normalized spacial score (nSPS) is 13.3. The van der Waals surface area contributed by atoms with Gasteiger partial charge in [0.1, 0.15) is 11.4 Å². The number of hydrogen-bond acceptors (Lipinski definition) is 6. The van der Waals surface area contributed by atoms with Crippen molar-refractivity contribution in [1.29, 1.82) is 0 Å². The predicted octanol–water partition coefficient (Wildman–Crippen LogP) is 8.37. The summed E-state index contributed by atoms with van der Waals surface area (Å²) in [5.74, 6) is 0.204. The largest absolute Gasteiger partial charge is 0.479 e. The van der Waals surface area contributed by atoms with Gasteiger partial charge in [-0.15, -0.1) is 0 Å². The number of hydrogen-bond donors (Lipinski definition) is 0. The highest BCUT2D eigenvalue weighted by Crippen LogP contribution is 2.36. The van der Waals surface area contributed by atoms with Gasteiger partial charge < -0.3 is 9.47 Å². The van der Waals surface area contributed by atoms with E-state index in [1.54, 1.807) is 4.90 Å². The van der Waals surface area contributed by atoms with Crippen LogP contribution in [-0.4, -0.2) is 38.6 Å². The van der Waals surface area contributed by atoms with Crippen molar-refractivity contribution in [3.63, 3.8) is 0 Å². The van der Waals surface area contributed by atoms with Crippen molar-refractivity contribution in [3.05, 3.63) is 71.8 Å². The minimum absolute atomic E-state index is 0.0359. The van der Waals surface area contributed by atoms with Crippen LogP contribution in [-0.2, 0) is 20.8 Å². The number of ketones is 1. The van der Waals surface area contributed by atoms with Crippen LogP contribution in [0.25, 0.3) is 0 Å². The Morgan fingerprint density at radius 1 is 0.947 bits per heavy atom. The molecule has 7 heteroatoms. The van der Waals surface area contributed by atoms with Crippen molar-refractivity contribution >= 4 is 40.2 Å². The monoisotopic (exact) mass is 557 g/mol. The molecule has 0 aliphatic heterocycles. The first-order valence-corrected chi connectivity index (χ1v) is 14.5. The van der Waals surface area contributed by atoms with Gasteiger partial charge in [-0.25, -0.2) is 4.79 Å². The van der Waals surface area contributed by atoms with Gasteiger partial charge in [-0.05, 0) is 63.9 Å².